The van der Waals surface area contributed by atoms with Gasteiger partial charge in [0.15, 0.2) is 0 Å². The minimum atomic E-state index is -3.75. The highest BCUT2D eigenvalue weighted by molar-refractivity contribution is 7.89. The molecule has 0 spiro atoms. The fourth-order valence-electron chi connectivity index (χ4n) is 1.88. The predicted molar refractivity (Wildman–Crippen MR) is 77.4 cm³/mol. The fourth-order valence-corrected chi connectivity index (χ4v) is 3.64. The molecule has 1 aromatic carbocycles. The molecule has 8 heteroatoms. The molecule has 0 radical (unpaired) electrons. The van der Waals surface area contributed by atoms with E-state index in [0.29, 0.717) is 25.2 Å². The molecule has 0 aliphatic carbocycles. The second-order valence-electron chi connectivity index (χ2n) is 4.18. The summed E-state index contributed by atoms with van der Waals surface area (Å²) < 4.78 is 26.5. The molecule has 7 nitrogen and oxygen atoms in total. The summed E-state index contributed by atoms with van der Waals surface area (Å²) in [6, 6.07) is 3.78. The van der Waals surface area contributed by atoms with Gasteiger partial charge in [-0.2, -0.15) is 4.31 Å². The lowest BCUT2D eigenvalue weighted by Crippen LogP contribution is -2.32. The van der Waals surface area contributed by atoms with Gasteiger partial charge >= 0.3 is 0 Å². The highest BCUT2D eigenvalue weighted by Gasteiger charge is 2.27. The lowest BCUT2D eigenvalue weighted by molar-refractivity contribution is -0.385. The zero-order chi connectivity index (χ0) is 15.3. The van der Waals surface area contributed by atoms with Crippen LogP contribution in [0.4, 0.5) is 11.4 Å². The maximum Gasteiger partial charge on any atom is 0.270 e. The Labute approximate surface area is 118 Å². The standard InChI is InChI=1S/C12H19N3O4S/c1-4-8-14(5-2)20(18,19)12-9-10(15(16)17)6-7-11(12)13-3/h6-7,9,13H,4-5,8H2,1-3H3. The van der Waals surface area contributed by atoms with Crippen molar-refractivity contribution in [2.45, 2.75) is 25.2 Å². The van der Waals surface area contributed by atoms with Crippen molar-refractivity contribution in [1.82, 2.24) is 4.31 Å². The number of hydrogen-bond donors (Lipinski definition) is 1. The second-order valence-corrected chi connectivity index (χ2v) is 6.09. The Hall–Kier alpha value is -1.67. The molecule has 0 fully saturated rings. The number of nitro groups is 1. The molecule has 112 valence electrons. The van der Waals surface area contributed by atoms with Crippen LogP contribution < -0.4 is 5.32 Å². The average Bonchev–Trinajstić information content (AvgIpc) is 2.43. The first-order valence-corrected chi connectivity index (χ1v) is 7.78. The summed E-state index contributed by atoms with van der Waals surface area (Å²) in [7, 11) is -2.17. The number of benzene rings is 1. The monoisotopic (exact) mass is 301 g/mol. The first-order chi connectivity index (χ1) is 9.38. The molecule has 0 heterocycles. The van der Waals surface area contributed by atoms with Crippen molar-refractivity contribution in [3.8, 4) is 0 Å². The summed E-state index contributed by atoms with van der Waals surface area (Å²) in [5.41, 5.74) is 0.111. The topological polar surface area (TPSA) is 92.5 Å². The minimum Gasteiger partial charge on any atom is -0.387 e. The number of sulfonamides is 1. The third kappa shape index (κ3) is 3.26. The van der Waals surface area contributed by atoms with Gasteiger partial charge in [-0.05, 0) is 12.5 Å². The number of non-ortho nitro benzene ring substituents is 1. The molecule has 0 amide bonds. The van der Waals surface area contributed by atoms with Crippen molar-refractivity contribution in [2.24, 2.45) is 0 Å². The van der Waals surface area contributed by atoms with Gasteiger partial charge in [0.1, 0.15) is 4.90 Å². The number of nitrogens with one attached hydrogen (secondary N) is 1. The Balaban J connectivity index is 3.41. The Bertz CT molecular complexity index is 586. The molecule has 20 heavy (non-hydrogen) atoms. The van der Waals surface area contributed by atoms with Gasteiger partial charge < -0.3 is 5.32 Å². The Kier molecular flexibility index (Phi) is 5.46. The van der Waals surface area contributed by atoms with Gasteiger partial charge in [-0.15, -0.1) is 0 Å². The van der Waals surface area contributed by atoms with Crippen LogP contribution in [0.1, 0.15) is 20.3 Å². The normalized spacial score (nSPS) is 11.6. The lowest BCUT2D eigenvalue weighted by Gasteiger charge is -2.21. The van der Waals surface area contributed by atoms with Crippen molar-refractivity contribution in [1.29, 1.82) is 0 Å². The molecule has 0 bridgehead atoms. The summed E-state index contributed by atoms with van der Waals surface area (Å²) in [4.78, 5) is 10.2. The molecule has 1 N–H and O–H groups in total. The smallest absolute Gasteiger partial charge is 0.270 e. The summed E-state index contributed by atoms with van der Waals surface area (Å²) in [6.07, 6.45) is 0.677. The van der Waals surface area contributed by atoms with Crippen LogP contribution in [-0.4, -0.2) is 37.8 Å². The number of rotatable bonds is 7. The van der Waals surface area contributed by atoms with Gasteiger partial charge in [-0.3, -0.25) is 10.1 Å². The minimum absolute atomic E-state index is 0.0653. The largest absolute Gasteiger partial charge is 0.387 e. The van der Waals surface area contributed by atoms with Gasteiger partial charge in [0, 0.05) is 32.3 Å². The highest BCUT2D eigenvalue weighted by atomic mass is 32.2. The Morgan fingerprint density at radius 2 is 2.00 bits per heavy atom. The summed E-state index contributed by atoms with van der Waals surface area (Å²) in [5, 5.41) is 13.6. The SMILES string of the molecule is CCCN(CC)S(=O)(=O)c1cc([N+](=O)[O-])ccc1NC. The molecule has 0 saturated carbocycles. The molecule has 1 rings (SSSR count). The van der Waals surface area contributed by atoms with Crippen LogP contribution in [0.15, 0.2) is 23.1 Å². The van der Waals surface area contributed by atoms with Crippen LogP contribution >= 0.6 is 0 Å². The number of nitrogens with zero attached hydrogens (tertiary/aromatic N) is 2. The van der Waals surface area contributed by atoms with E-state index >= 15 is 0 Å². The van der Waals surface area contributed by atoms with E-state index in [4.69, 9.17) is 0 Å². The van der Waals surface area contributed by atoms with Crippen LogP contribution in [0.2, 0.25) is 0 Å². The Morgan fingerprint density at radius 3 is 2.45 bits per heavy atom. The molecule has 0 aromatic heterocycles. The van der Waals surface area contributed by atoms with Crippen LogP contribution in [0.5, 0.6) is 0 Å². The molecule has 0 aliphatic heterocycles. The quantitative estimate of drug-likeness (QED) is 0.614. The molecule has 0 aliphatic rings. The predicted octanol–water partition coefficient (Wildman–Crippen LogP) is 2.06. The van der Waals surface area contributed by atoms with Crippen LogP contribution in [0.25, 0.3) is 0 Å². The van der Waals surface area contributed by atoms with Crippen molar-refractivity contribution in [3.05, 3.63) is 28.3 Å². The van der Waals surface area contributed by atoms with Crippen LogP contribution in [0, 0.1) is 10.1 Å². The number of anilines is 1. The van der Waals surface area contributed by atoms with E-state index in [9.17, 15) is 18.5 Å². The number of nitro benzene ring substituents is 1. The second kappa shape index (κ2) is 6.67. The van der Waals surface area contributed by atoms with E-state index in [-0.39, 0.29) is 10.6 Å². The van der Waals surface area contributed by atoms with E-state index in [1.807, 2.05) is 6.92 Å². The average molecular weight is 301 g/mol. The van der Waals surface area contributed by atoms with E-state index in [1.165, 1.54) is 16.4 Å². The molecular formula is C12H19N3O4S. The zero-order valence-corrected chi connectivity index (χ0v) is 12.6. The first-order valence-electron chi connectivity index (χ1n) is 6.34. The van der Waals surface area contributed by atoms with Gasteiger partial charge in [0.25, 0.3) is 5.69 Å². The third-order valence-corrected chi connectivity index (χ3v) is 4.90. The summed E-state index contributed by atoms with van der Waals surface area (Å²) in [6.45, 7) is 4.32. The zero-order valence-electron chi connectivity index (χ0n) is 11.8. The molecule has 0 atom stereocenters. The summed E-state index contributed by atoms with van der Waals surface area (Å²) in [5.74, 6) is 0. The van der Waals surface area contributed by atoms with Gasteiger partial charge in [0.05, 0.1) is 10.6 Å². The van der Waals surface area contributed by atoms with E-state index in [2.05, 4.69) is 5.32 Å². The molecular weight excluding hydrogens is 282 g/mol. The molecule has 0 unspecified atom stereocenters. The molecule has 0 saturated heterocycles. The fraction of sp³-hybridized carbons (Fsp3) is 0.500. The molecule has 1 aromatic rings. The maximum absolute atomic E-state index is 12.6. The van der Waals surface area contributed by atoms with Crippen molar-refractivity contribution in [3.63, 3.8) is 0 Å². The summed E-state index contributed by atoms with van der Waals surface area (Å²) >= 11 is 0. The lowest BCUT2D eigenvalue weighted by atomic mass is 10.3. The van der Waals surface area contributed by atoms with E-state index < -0.39 is 14.9 Å². The van der Waals surface area contributed by atoms with Crippen LogP contribution in [-0.2, 0) is 10.0 Å². The van der Waals surface area contributed by atoms with Gasteiger partial charge in [-0.25, -0.2) is 8.42 Å². The van der Waals surface area contributed by atoms with E-state index in [0.717, 1.165) is 6.07 Å². The first kappa shape index (κ1) is 16.4. The van der Waals surface area contributed by atoms with Crippen LogP contribution in [0.3, 0.4) is 0 Å². The van der Waals surface area contributed by atoms with Gasteiger partial charge in [0.2, 0.25) is 10.0 Å². The Morgan fingerprint density at radius 1 is 1.35 bits per heavy atom. The van der Waals surface area contributed by atoms with Crippen molar-refractivity contribution < 1.29 is 13.3 Å². The van der Waals surface area contributed by atoms with Crippen molar-refractivity contribution >= 4 is 21.4 Å². The van der Waals surface area contributed by atoms with Crippen molar-refractivity contribution in [2.75, 3.05) is 25.5 Å². The van der Waals surface area contributed by atoms with E-state index in [1.54, 1.807) is 14.0 Å². The van der Waals surface area contributed by atoms with Gasteiger partial charge in [-0.1, -0.05) is 13.8 Å². The number of hydrogen-bond acceptors (Lipinski definition) is 5. The maximum atomic E-state index is 12.6. The third-order valence-electron chi connectivity index (χ3n) is 2.89. The highest BCUT2D eigenvalue weighted by Crippen LogP contribution is 2.28.